The fourth-order valence-corrected chi connectivity index (χ4v) is 2.19. The zero-order chi connectivity index (χ0) is 12.8. The van der Waals surface area contributed by atoms with Crippen LogP contribution in [0.15, 0.2) is 12.1 Å². The predicted molar refractivity (Wildman–Crippen MR) is 73.9 cm³/mol. The van der Waals surface area contributed by atoms with Crippen molar-refractivity contribution in [3.63, 3.8) is 0 Å². The molecular weight excluding hydrogens is 210 g/mol. The van der Waals surface area contributed by atoms with E-state index in [2.05, 4.69) is 52.1 Å². The molecule has 96 valence electrons. The van der Waals surface area contributed by atoms with E-state index in [1.807, 2.05) is 0 Å². The lowest BCUT2D eigenvalue weighted by Crippen LogP contribution is -2.34. The third kappa shape index (κ3) is 4.04. The van der Waals surface area contributed by atoms with Crippen LogP contribution < -0.4 is 10.1 Å². The molecule has 0 bridgehead atoms. The Bertz CT molecular complexity index is 337. The molecule has 0 aliphatic rings. The normalized spacial score (nSPS) is 12.5. The molecule has 1 unspecified atom stereocenters. The third-order valence-corrected chi connectivity index (χ3v) is 3.02. The van der Waals surface area contributed by atoms with Gasteiger partial charge in [0.2, 0.25) is 0 Å². The van der Waals surface area contributed by atoms with Gasteiger partial charge < -0.3 is 10.1 Å². The van der Waals surface area contributed by atoms with Gasteiger partial charge in [-0.25, -0.2) is 0 Å². The minimum Gasteiger partial charge on any atom is -0.491 e. The molecule has 1 N–H and O–H groups in total. The average Bonchev–Trinajstić information content (AvgIpc) is 2.26. The summed E-state index contributed by atoms with van der Waals surface area (Å²) in [7, 11) is 0. The molecule has 0 radical (unpaired) electrons. The van der Waals surface area contributed by atoms with Gasteiger partial charge in [-0.05, 0) is 44.9 Å². The molecule has 17 heavy (non-hydrogen) atoms. The summed E-state index contributed by atoms with van der Waals surface area (Å²) in [6.07, 6.45) is 1.10. The maximum Gasteiger partial charge on any atom is 0.125 e. The lowest BCUT2D eigenvalue weighted by atomic mass is 10.1. The van der Waals surface area contributed by atoms with Gasteiger partial charge in [-0.2, -0.15) is 0 Å². The van der Waals surface area contributed by atoms with Gasteiger partial charge in [-0.1, -0.05) is 31.5 Å². The zero-order valence-corrected chi connectivity index (χ0v) is 11.8. The molecule has 0 fully saturated rings. The first kappa shape index (κ1) is 14.0. The highest BCUT2D eigenvalue weighted by atomic mass is 16.5. The van der Waals surface area contributed by atoms with Crippen LogP contribution in [0.2, 0.25) is 0 Å². The summed E-state index contributed by atoms with van der Waals surface area (Å²) in [5, 5.41) is 3.43. The first-order valence-corrected chi connectivity index (χ1v) is 6.52. The van der Waals surface area contributed by atoms with Crippen molar-refractivity contribution in [2.75, 3.05) is 13.2 Å². The predicted octanol–water partition coefficient (Wildman–Crippen LogP) is 3.38. The van der Waals surface area contributed by atoms with Crippen molar-refractivity contribution >= 4 is 0 Å². The van der Waals surface area contributed by atoms with E-state index in [0.717, 1.165) is 25.3 Å². The second-order valence-electron chi connectivity index (χ2n) is 4.70. The highest BCUT2D eigenvalue weighted by Gasteiger charge is 2.09. The maximum atomic E-state index is 5.97. The topological polar surface area (TPSA) is 21.3 Å². The Morgan fingerprint density at radius 3 is 2.18 bits per heavy atom. The molecule has 2 nitrogen and oxygen atoms in total. The lowest BCUT2D eigenvalue weighted by Gasteiger charge is -2.19. The van der Waals surface area contributed by atoms with E-state index in [0.29, 0.717) is 6.04 Å². The minimum atomic E-state index is 0.445. The number of hydrogen-bond acceptors (Lipinski definition) is 2. The van der Waals surface area contributed by atoms with Crippen LogP contribution >= 0.6 is 0 Å². The van der Waals surface area contributed by atoms with Gasteiger partial charge in [0, 0.05) is 6.04 Å². The molecule has 1 aromatic rings. The second-order valence-corrected chi connectivity index (χ2v) is 4.70. The fourth-order valence-electron chi connectivity index (χ4n) is 2.19. The molecule has 0 amide bonds. The van der Waals surface area contributed by atoms with E-state index in [1.54, 1.807) is 0 Å². The minimum absolute atomic E-state index is 0.445. The lowest BCUT2D eigenvalue weighted by molar-refractivity contribution is 0.259. The summed E-state index contributed by atoms with van der Waals surface area (Å²) in [6, 6.07) is 4.80. The molecule has 0 aliphatic carbocycles. The quantitative estimate of drug-likeness (QED) is 0.816. The van der Waals surface area contributed by atoms with Crippen molar-refractivity contribution in [2.24, 2.45) is 0 Å². The maximum absolute atomic E-state index is 5.97. The van der Waals surface area contributed by atoms with Gasteiger partial charge >= 0.3 is 0 Å². The number of benzene rings is 1. The van der Waals surface area contributed by atoms with E-state index in [-0.39, 0.29) is 0 Å². The smallest absolute Gasteiger partial charge is 0.125 e. The number of aryl methyl sites for hydroxylation is 3. The molecule has 1 atom stereocenters. The van der Waals surface area contributed by atoms with E-state index in [4.69, 9.17) is 4.74 Å². The molecule has 0 aliphatic heterocycles. The molecule has 0 saturated heterocycles. The molecule has 0 saturated carbocycles. The molecule has 1 aromatic carbocycles. The Labute approximate surface area is 105 Å². The van der Waals surface area contributed by atoms with Crippen molar-refractivity contribution in [2.45, 2.75) is 47.1 Å². The summed E-state index contributed by atoms with van der Waals surface area (Å²) in [5.41, 5.74) is 3.76. The monoisotopic (exact) mass is 235 g/mol. The molecule has 1 rings (SSSR count). The van der Waals surface area contributed by atoms with Crippen molar-refractivity contribution in [3.05, 3.63) is 28.8 Å². The van der Waals surface area contributed by atoms with Gasteiger partial charge in [0.1, 0.15) is 12.4 Å². The largest absolute Gasteiger partial charge is 0.491 e. The van der Waals surface area contributed by atoms with Gasteiger partial charge in [-0.3, -0.25) is 0 Å². The van der Waals surface area contributed by atoms with E-state index in [1.165, 1.54) is 16.7 Å². The Hall–Kier alpha value is -1.02. The molecule has 0 spiro atoms. The van der Waals surface area contributed by atoms with Gasteiger partial charge in [0.05, 0.1) is 0 Å². The average molecular weight is 235 g/mol. The summed E-state index contributed by atoms with van der Waals surface area (Å²) in [6.45, 7) is 12.4. The number of ether oxygens (including phenoxy) is 1. The van der Waals surface area contributed by atoms with Gasteiger partial charge in [0.25, 0.3) is 0 Å². The zero-order valence-electron chi connectivity index (χ0n) is 11.8. The first-order chi connectivity index (χ1) is 8.08. The Morgan fingerprint density at radius 1 is 1.12 bits per heavy atom. The highest BCUT2D eigenvalue weighted by Crippen LogP contribution is 2.24. The first-order valence-electron chi connectivity index (χ1n) is 6.52. The number of nitrogens with one attached hydrogen (secondary N) is 1. The van der Waals surface area contributed by atoms with Crippen LogP contribution in [0.5, 0.6) is 5.75 Å². The molecular formula is C15H25NO. The van der Waals surface area contributed by atoms with Crippen LogP contribution in [-0.2, 0) is 0 Å². The van der Waals surface area contributed by atoms with Gasteiger partial charge in [-0.15, -0.1) is 0 Å². The van der Waals surface area contributed by atoms with E-state index < -0.39 is 0 Å². The third-order valence-electron chi connectivity index (χ3n) is 3.02. The van der Waals surface area contributed by atoms with Crippen molar-refractivity contribution in [1.29, 1.82) is 0 Å². The van der Waals surface area contributed by atoms with E-state index in [9.17, 15) is 0 Å². The number of hydrogen-bond donors (Lipinski definition) is 1. The van der Waals surface area contributed by atoms with Gasteiger partial charge in [0.15, 0.2) is 0 Å². The fraction of sp³-hybridized carbons (Fsp3) is 0.600. The summed E-state index contributed by atoms with van der Waals surface area (Å²) >= 11 is 0. The molecule has 2 heteroatoms. The Morgan fingerprint density at radius 2 is 1.71 bits per heavy atom. The van der Waals surface area contributed by atoms with Crippen molar-refractivity contribution in [3.8, 4) is 5.75 Å². The standard InChI is InChI=1S/C15H25NO/c1-6-14(16-7-2)10-17-15-12(4)8-11(3)9-13(15)5/h8-9,14,16H,6-7,10H2,1-5H3. The summed E-state index contributed by atoms with van der Waals surface area (Å²) in [5.74, 6) is 1.05. The van der Waals surface area contributed by atoms with Crippen molar-refractivity contribution in [1.82, 2.24) is 5.32 Å². The van der Waals surface area contributed by atoms with Crippen LogP contribution in [0.1, 0.15) is 37.0 Å². The van der Waals surface area contributed by atoms with Crippen LogP contribution in [0, 0.1) is 20.8 Å². The van der Waals surface area contributed by atoms with E-state index >= 15 is 0 Å². The van der Waals surface area contributed by atoms with Crippen LogP contribution in [-0.4, -0.2) is 19.2 Å². The number of likely N-dealkylation sites (N-methyl/N-ethyl adjacent to an activating group) is 1. The highest BCUT2D eigenvalue weighted by molar-refractivity contribution is 5.42. The molecule has 0 heterocycles. The Balaban J connectivity index is 2.68. The second kappa shape index (κ2) is 6.65. The van der Waals surface area contributed by atoms with Crippen LogP contribution in [0.4, 0.5) is 0 Å². The Kier molecular flexibility index (Phi) is 5.49. The van der Waals surface area contributed by atoms with Crippen LogP contribution in [0.25, 0.3) is 0 Å². The SMILES string of the molecule is CCNC(CC)COc1c(C)cc(C)cc1C. The molecule has 0 aromatic heterocycles. The van der Waals surface area contributed by atoms with Crippen molar-refractivity contribution < 1.29 is 4.74 Å². The summed E-state index contributed by atoms with van der Waals surface area (Å²) in [4.78, 5) is 0. The number of rotatable bonds is 6. The van der Waals surface area contributed by atoms with Crippen LogP contribution in [0.3, 0.4) is 0 Å². The summed E-state index contributed by atoms with van der Waals surface area (Å²) < 4.78 is 5.97.